The Morgan fingerprint density at radius 2 is 1.00 bits per heavy atom. The predicted octanol–water partition coefficient (Wildman–Crippen LogP) is 7.14. The third kappa shape index (κ3) is 3.43. The summed E-state index contributed by atoms with van der Waals surface area (Å²) in [4.78, 5) is 9.53. The van der Waals surface area contributed by atoms with Crippen LogP contribution in [0.15, 0.2) is 140 Å². The van der Waals surface area contributed by atoms with E-state index in [1.807, 2.05) is 13.1 Å². The van der Waals surface area contributed by atoms with Crippen molar-refractivity contribution in [3.8, 4) is 11.1 Å². The largest absolute Gasteiger partial charge is 0.311 e. The molecule has 0 fully saturated rings. The van der Waals surface area contributed by atoms with E-state index in [0.717, 1.165) is 28.2 Å². The van der Waals surface area contributed by atoms with Crippen LogP contribution >= 0.6 is 0 Å². The van der Waals surface area contributed by atoms with Crippen LogP contribution in [0.25, 0.3) is 11.1 Å². The molecular formula is C36H26BN3. The summed E-state index contributed by atoms with van der Waals surface area (Å²) < 4.78 is 0. The zero-order chi connectivity index (χ0) is 26.6. The van der Waals surface area contributed by atoms with E-state index in [-0.39, 0.29) is 6.71 Å². The van der Waals surface area contributed by atoms with Crippen molar-refractivity contribution in [2.75, 3.05) is 9.80 Å². The van der Waals surface area contributed by atoms with Gasteiger partial charge in [0.15, 0.2) is 0 Å². The minimum Gasteiger partial charge on any atom is -0.311 e. The zero-order valence-corrected chi connectivity index (χ0v) is 22.2. The number of aryl methyl sites for hydroxylation is 1. The highest BCUT2D eigenvalue weighted by Crippen LogP contribution is 2.45. The van der Waals surface area contributed by atoms with Gasteiger partial charge in [-0.15, -0.1) is 0 Å². The van der Waals surface area contributed by atoms with Crippen LogP contribution in [0, 0.1) is 6.92 Å². The van der Waals surface area contributed by atoms with Gasteiger partial charge in [0, 0.05) is 51.6 Å². The van der Waals surface area contributed by atoms with Gasteiger partial charge in [0.2, 0.25) is 0 Å². The molecule has 8 rings (SSSR count). The number of nitrogens with zero attached hydrogens (tertiary/aromatic N) is 3. The fourth-order valence-electron chi connectivity index (χ4n) is 6.41. The van der Waals surface area contributed by atoms with E-state index in [1.54, 1.807) is 0 Å². The van der Waals surface area contributed by atoms with Crippen LogP contribution in [-0.2, 0) is 0 Å². The quantitative estimate of drug-likeness (QED) is 0.235. The van der Waals surface area contributed by atoms with E-state index < -0.39 is 0 Å². The molecule has 0 atom stereocenters. The van der Waals surface area contributed by atoms with Gasteiger partial charge in [-0.3, -0.25) is 4.98 Å². The van der Waals surface area contributed by atoms with E-state index in [1.165, 1.54) is 39.1 Å². The lowest BCUT2D eigenvalue weighted by molar-refractivity contribution is 1.20. The Bertz CT molecular complexity index is 1750. The van der Waals surface area contributed by atoms with Crippen LogP contribution in [0.3, 0.4) is 0 Å². The average Bonchev–Trinajstić information content (AvgIpc) is 3.02. The van der Waals surface area contributed by atoms with Crippen molar-refractivity contribution in [2.45, 2.75) is 6.92 Å². The first-order valence-electron chi connectivity index (χ1n) is 13.8. The minimum absolute atomic E-state index is 0.127. The lowest BCUT2D eigenvalue weighted by Crippen LogP contribution is -2.61. The summed E-state index contributed by atoms with van der Waals surface area (Å²) in [6, 6.07) is 48.2. The molecule has 0 saturated carbocycles. The van der Waals surface area contributed by atoms with Gasteiger partial charge in [-0.1, -0.05) is 78.9 Å². The maximum Gasteiger partial charge on any atom is 0.252 e. The number of hydrogen-bond donors (Lipinski definition) is 0. The number of aromatic nitrogens is 1. The van der Waals surface area contributed by atoms with Crippen molar-refractivity contribution in [1.82, 2.24) is 4.98 Å². The van der Waals surface area contributed by atoms with Crippen LogP contribution in [0.1, 0.15) is 5.69 Å². The van der Waals surface area contributed by atoms with E-state index in [0.29, 0.717) is 0 Å². The van der Waals surface area contributed by atoms with Gasteiger partial charge in [0.05, 0.1) is 0 Å². The molecule has 0 N–H and O–H groups in total. The van der Waals surface area contributed by atoms with Gasteiger partial charge in [-0.25, -0.2) is 0 Å². The van der Waals surface area contributed by atoms with Crippen LogP contribution in [0.4, 0.5) is 34.1 Å². The number of rotatable bonds is 3. The van der Waals surface area contributed by atoms with Crippen LogP contribution in [0.5, 0.6) is 0 Å². The average molecular weight is 511 g/mol. The molecule has 0 radical (unpaired) electrons. The first kappa shape index (κ1) is 22.9. The van der Waals surface area contributed by atoms with Crippen LogP contribution in [-0.4, -0.2) is 11.7 Å². The number of para-hydroxylation sites is 4. The van der Waals surface area contributed by atoms with Crippen LogP contribution < -0.4 is 26.2 Å². The SMILES string of the molecule is Cc1ccc(-c2cc3c4c(c2)N(c2ccccc2)c2ccccc2B4c2ccccc2N3c2ccccc2)cn1. The van der Waals surface area contributed by atoms with E-state index in [2.05, 4.69) is 148 Å². The number of anilines is 6. The maximum absolute atomic E-state index is 4.65. The molecule has 3 nitrogen and oxygen atoms in total. The summed E-state index contributed by atoms with van der Waals surface area (Å²) in [5, 5.41) is 0. The zero-order valence-electron chi connectivity index (χ0n) is 22.2. The summed E-state index contributed by atoms with van der Waals surface area (Å²) in [6.45, 7) is 2.16. The summed E-state index contributed by atoms with van der Waals surface area (Å²) in [5.41, 5.74) is 14.4. The minimum atomic E-state index is 0.127. The number of benzene rings is 5. The molecule has 0 spiro atoms. The van der Waals surface area contributed by atoms with Crippen molar-refractivity contribution >= 4 is 57.2 Å². The molecule has 2 aliphatic heterocycles. The van der Waals surface area contributed by atoms with Crippen molar-refractivity contribution in [1.29, 1.82) is 0 Å². The second kappa shape index (κ2) is 8.99. The van der Waals surface area contributed by atoms with Crippen molar-refractivity contribution in [2.24, 2.45) is 0 Å². The summed E-state index contributed by atoms with van der Waals surface area (Å²) in [6.07, 6.45) is 1.99. The van der Waals surface area contributed by atoms with Crippen molar-refractivity contribution < 1.29 is 0 Å². The van der Waals surface area contributed by atoms with Gasteiger partial charge in [-0.2, -0.15) is 0 Å². The Balaban J connectivity index is 1.50. The van der Waals surface area contributed by atoms with Crippen LogP contribution in [0.2, 0.25) is 0 Å². The molecule has 6 aromatic rings. The lowest BCUT2D eigenvalue weighted by Gasteiger charge is -2.44. The maximum atomic E-state index is 4.65. The summed E-state index contributed by atoms with van der Waals surface area (Å²) >= 11 is 0. The molecule has 0 unspecified atom stereocenters. The molecular weight excluding hydrogens is 485 g/mol. The monoisotopic (exact) mass is 511 g/mol. The molecule has 0 aliphatic carbocycles. The third-order valence-corrected chi connectivity index (χ3v) is 8.16. The fourth-order valence-corrected chi connectivity index (χ4v) is 6.41. The first-order chi connectivity index (χ1) is 19.8. The molecule has 188 valence electrons. The molecule has 0 bridgehead atoms. The highest BCUT2D eigenvalue weighted by molar-refractivity contribution is 7.00. The summed E-state index contributed by atoms with van der Waals surface area (Å²) in [7, 11) is 0. The first-order valence-corrected chi connectivity index (χ1v) is 13.8. The Morgan fingerprint density at radius 1 is 0.500 bits per heavy atom. The molecule has 1 aromatic heterocycles. The molecule has 0 saturated heterocycles. The summed E-state index contributed by atoms with van der Waals surface area (Å²) in [5.74, 6) is 0. The van der Waals surface area contributed by atoms with E-state index in [9.17, 15) is 0 Å². The Hall–Kier alpha value is -5.09. The number of pyridine rings is 1. The van der Waals surface area contributed by atoms with Crippen molar-refractivity contribution in [3.05, 3.63) is 145 Å². The molecule has 4 heteroatoms. The van der Waals surface area contributed by atoms with Gasteiger partial charge in [0.25, 0.3) is 6.71 Å². The Morgan fingerprint density at radius 3 is 1.50 bits per heavy atom. The normalized spacial score (nSPS) is 13.0. The lowest BCUT2D eigenvalue weighted by atomic mass is 9.33. The van der Waals surface area contributed by atoms with Gasteiger partial charge >= 0.3 is 0 Å². The Labute approximate surface area is 235 Å². The second-order valence-corrected chi connectivity index (χ2v) is 10.5. The fraction of sp³-hybridized carbons (Fsp3) is 0.0278. The molecule has 0 amide bonds. The van der Waals surface area contributed by atoms with Gasteiger partial charge < -0.3 is 9.80 Å². The predicted molar refractivity (Wildman–Crippen MR) is 168 cm³/mol. The Kier molecular flexibility index (Phi) is 5.14. The molecule has 2 aliphatic rings. The highest BCUT2D eigenvalue weighted by Gasteiger charge is 2.43. The molecule has 40 heavy (non-hydrogen) atoms. The number of fused-ring (bicyclic) bond motifs is 4. The smallest absolute Gasteiger partial charge is 0.252 e. The van der Waals surface area contributed by atoms with E-state index >= 15 is 0 Å². The molecule has 3 heterocycles. The topological polar surface area (TPSA) is 19.4 Å². The standard InChI is InChI=1S/C36H26BN3/c1-25-20-21-26(24-38-25)27-22-34-36-35(23-27)40(29-14-6-3-7-15-29)33-19-11-9-17-31(33)37(36)30-16-8-10-18-32(30)39(34)28-12-4-2-5-13-28/h2-24H,1H3. The third-order valence-electron chi connectivity index (χ3n) is 8.16. The number of hydrogen-bond acceptors (Lipinski definition) is 3. The van der Waals surface area contributed by atoms with Gasteiger partial charge in [0.1, 0.15) is 0 Å². The van der Waals surface area contributed by atoms with Crippen molar-refractivity contribution in [3.63, 3.8) is 0 Å². The molecule has 5 aromatic carbocycles. The second-order valence-electron chi connectivity index (χ2n) is 10.5. The van der Waals surface area contributed by atoms with Gasteiger partial charge in [-0.05, 0) is 83.5 Å². The highest BCUT2D eigenvalue weighted by atomic mass is 15.2. The van der Waals surface area contributed by atoms with E-state index in [4.69, 9.17) is 0 Å².